The number of thioether (sulfide) groups is 1. The average Bonchev–Trinajstić information content (AvgIpc) is 3.22. The molecule has 0 saturated carbocycles. The van der Waals surface area contributed by atoms with Gasteiger partial charge in [-0.15, -0.1) is 10.2 Å². The van der Waals surface area contributed by atoms with Crippen molar-refractivity contribution in [3.05, 3.63) is 60.0 Å². The van der Waals surface area contributed by atoms with Gasteiger partial charge in [-0.2, -0.15) is 5.26 Å². The van der Waals surface area contributed by atoms with Crippen LogP contribution in [-0.4, -0.2) is 28.0 Å². The number of aromatic nitrogens is 2. The summed E-state index contributed by atoms with van der Waals surface area (Å²) in [5.74, 6) is 1.37. The molecule has 2 atom stereocenters. The minimum Gasteiger partial charge on any atom is -0.485 e. The Labute approximate surface area is 170 Å². The van der Waals surface area contributed by atoms with Crippen LogP contribution in [0.3, 0.4) is 0 Å². The predicted molar refractivity (Wildman–Crippen MR) is 105 cm³/mol. The number of para-hydroxylation sites is 2. The summed E-state index contributed by atoms with van der Waals surface area (Å²) in [7, 11) is 0. The third-order valence-corrected chi connectivity index (χ3v) is 5.07. The maximum atomic E-state index is 12.4. The Balaban J connectivity index is 1.36. The first-order valence-electron chi connectivity index (χ1n) is 8.82. The van der Waals surface area contributed by atoms with Gasteiger partial charge in [0.15, 0.2) is 11.5 Å². The van der Waals surface area contributed by atoms with Crippen LogP contribution < -0.4 is 14.8 Å². The van der Waals surface area contributed by atoms with E-state index < -0.39 is 11.4 Å². The van der Waals surface area contributed by atoms with E-state index in [0.717, 1.165) is 11.8 Å². The molecule has 0 bridgehead atoms. The summed E-state index contributed by atoms with van der Waals surface area (Å²) >= 11 is 1.15. The van der Waals surface area contributed by atoms with Crippen molar-refractivity contribution in [1.29, 1.82) is 5.26 Å². The number of anilines is 1. The molecule has 4 rings (SSSR count). The molecular formula is C20H16N4O4S. The fourth-order valence-corrected chi connectivity index (χ4v) is 3.31. The first-order chi connectivity index (χ1) is 14.1. The Morgan fingerprint density at radius 3 is 2.72 bits per heavy atom. The second-order valence-electron chi connectivity index (χ2n) is 6.21. The van der Waals surface area contributed by atoms with Crippen LogP contribution in [0.15, 0.2) is 58.2 Å². The first kappa shape index (κ1) is 18.8. The molecule has 1 N–H and O–H groups in total. The Morgan fingerprint density at radius 2 is 1.97 bits per heavy atom. The number of carbonyl (C=O) groups excluding carboxylic acids is 1. The summed E-state index contributed by atoms with van der Waals surface area (Å²) in [5, 5.41) is 19.4. The number of nitriles is 1. The predicted octanol–water partition coefficient (Wildman–Crippen LogP) is 3.57. The fourth-order valence-electron chi connectivity index (χ4n) is 2.62. The standard InChI is InChI=1S/C20H16N4O4S/c1-12(18(25)22-14-8-6-13(10-21)7-9-14)29-20-24-23-19(28-20)17-11-26-15-4-2-3-5-16(15)27-17/h2-9,12,17H,11H2,1H3,(H,22,25)/t12-,17+/m0/s1. The minimum atomic E-state index is -0.505. The van der Waals surface area contributed by atoms with Crippen molar-refractivity contribution >= 4 is 23.4 Å². The normalized spacial score (nSPS) is 15.9. The van der Waals surface area contributed by atoms with Crippen molar-refractivity contribution in [1.82, 2.24) is 10.2 Å². The van der Waals surface area contributed by atoms with Gasteiger partial charge < -0.3 is 19.2 Å². The molecule has 0 saturated heterocycles. The monoisotopic (exact) mass is 408 g/mol. The first-order valence-corrected chi connectivity index (χ1v) is 9.70. The lowest BCUT2D eigenvalue weighted by Crippen LogP contribution is -2.22. The molecule has 146 valence electrons. The van der Waals surface area contributed by atoms with Gasteiger partial charge in [0.05, 0.1) is 16.9 Å². The van der Waals surface area contributed by atoms with Crippen LogP contribution in [0.1, 0.15) is 24.5 Å². The van der Waals surface area contributed by atoms with Gasteiger partial charge in [-0.25, -0.2) is 0 Å². The quantitative estimate of drug-likeness (QED) is 0.638. The van der Waals surface area contributed by atoms with Gasteiger partial charge in [-0.05, 0) is 43.3 Å². The molecule has 9 heteroatoms. The van der Waals surface area contributed by atoms with Gasteiger partial charge >= 0.3 is 0 Å². The number of nitrogens with zero attached hydrogens (tertiary/aromatic N) is 3. The topological polar surface area (TPSA) is 110 Å². The van der Waals surface area contributed by atoms with Crippen LogP contribution in [0.5, 0.6) is 11.5 Å². The van der Waals surface area contributed by atoms with E-state index in [-0.39, 0.29) is 17.7 Å². The Morgan fingerprint density at radius 1 is 1.21 bits per heavy atom. The lowest BCUT2D eigenvalue weighted by Gasteiger charge is -2.23. The van der Waals surface area contributed by atoms with Crippen LogP contribution in [0, 0.1) is 11.3 Å². The van der Waals surface area contributed by atoms with Gasteiger partial charge in [-0.3, -0.25) is 4.79 Å². The number of carbonyl (C=O) groups is 1. The Kier molecular flexibility index (Phi) is 5.35. The molecule has 0 radical (unpaired) electrons. The van der Waals surface area contributed by atoms with Gasteiger partial charge in [0.25, 0.3) is 11.1 Å². The van der Waals surface area contributed by atoms with Gasteiger partial charge in [0, 0.05) is 5.69 Å². The summed E-state index contributed by atoms with van der Waals surface area (Å²) in [6, 6.07) is 16.0. The third kappa shape index (κ3) is 4.33. The van der Waals surface area contributed by atoms with E-state index in [9.17, 15) is 4.79 Å². The summed E-state index contributed by atoms with van der Waals surface area (Å²) in [6.45, 7) is 2.00. The molecule has 1 aliphatic rings. The van der Waals surface area contributed by atoms with Crippen molar-refractivity contribution < 1.29 is 18.7 Å². The SMILES string of the molecule is C[C@H](Sc1nnc([C@H]2COc3ccccc3O2)o1)C(=O)Nc1ccc(C#N)cc1. The maximum absolute atomic E-state index is 12.4. The summed E-state index contributed by atoms with van der Waals surface area (Å²) < 4.78 is 17.2. The molecule has 2 heterocycles. The zero-order valence-electron chi connectivity index (χ0n) is 15.4. The van der Waals surface area contributed by atoms with E-state index >= 15 is 0 Å². The van der Waals surface area contributed by atoms with Crippen LogP contribution in [0.2, 0.25) is 0 Å². The number of rotatable bonds is 5. The number of ether oxygens (including phenoxy) is 2. The maximum Gasteiger partial charge on any atom is 0.277 e. The molecule has 1 aliphatic heterocycles. The lowest BCUT2D eigenvalue weighted by molar-refractivity contribution is -0.115. The van der Waals surface area contributed by atoms with Crippen LogP contribution >= 0.6 is 11.8 Å². The van der Waals surface area contributed by atoms with Crippen molar-refractivity contribution in [3.8, 4) is 17.6 Å². The zero-order chi connectivity index (χ0) is 20.2. The van der Waals surface area contributed by atoms with Crippen LogP contribution in [0.4, 0.5) is 5.69 Å². The molecule has 0 aliphatic carbocycles. The molecule has 1 amide bonds. The second-order valence-corrected chi connectivity index (χ2v) is 7.50. The van der Waals surface area contributed by atoms with Gasteiger partial charge in [0.2, 0.25) is 12.0 Å². The smallest absolute Gasteiger partial charge is 0.277 e. The largest absolute Gasteiger partial charge is 0.485 e. The van der Waals surface area contributed by atoms with Gasteiger partial charge in [0.1, 0.15) is 6.61 Å². The highest BCUT2D eigenvalue weighted by molar-refractivity contribution is 8.00. The number of amides is 1. The molecule has 0 unspecified atom stereocenters. The van der Waals surface area contributed by atoms with E-state index in [1.54, 1.807) is 31.2 Å². The van der Waals surface area contributed by atoms with E-state index in [1.807, 2.05) is 30.3 Å². The molecule has 2 aromatic carbocycles. The molecule has 0 spiro atoms. The number of hydrogen-bond donors (Lipinski definition) is 1. The molecule has 3 aromatic rings. The van der Waals surface area contributed by atoms with E-state index in [4.69, 9.17) is 19.2 Å². The molecule has 8 nitrogen and oxygen atoms in total. The number of benzene rings is 2. The summed E-state index contributed by atoms with van der Waals surface area (Å²) in [6.07, 6.45) is -0.505. The lowest BCUT2D eigenvalue weighted by atomic mass is 10.2. The molecule has 0 fully saturated rings. The second kappa shape index (κ2) is 8.24. The van der Waals surface area contributed by atoms with Crippen molar-refractivity contribution in [3.63, 3.8) is 0 Å². The highest BCUT2D eigenvalue weighted by atomic mass is 32.2. The zero-order valence-corrected chi connectivity index (χ0v) is 16.2. The van der Waals surface area contributed by atoms with Crippen molar-refractivity contribution in [2.75, 3.05) is 11.9 Å². The Hall–Kier alpha value is -3.51. The molecular weight excluding hydrogens is 392 g/mol. The van der Waals surface area contributed by atoms with Crippen LogP contribution in [0.25, 0.3) is 0 Å². The Bertz CT molecular complexity index is 1060. The van der Waals surface area contributed by atoms with Gasteiger partial charge in [-0.1, -0.05) is 23.9 Å². The van der Waals surface area contributed by atoms with E-state index in [1.165, 1.54) is 0 Å². The highest BCUT2D eigenvalue weighted by Gasteiger charge is 2.28. The fraction of sp³-hybridized carbons (Fsp3) is 0.200. The van der Waals surface area contributed by atoms with E-state index in [0.29, 0.717) is 28.6 Å². The average molecular weight is 408 g/mol. The van der Waals surface area contributed by atoms with Crippen molar-refractivity contribution in [2.45, 2.75) is 23.5 Å². The number of nitrogens with one attached hydrogen (secondary N) is 1. The van der Waals surface area contributed by atoms with Crippen LogP contribution in [-0.2, 0) is 4.79 Å². The van der Waals surface area contributed by atoms with Crippen molar-refractivity contribution in [2.24, 2.45) is 0 Å². The minimum absolute atomic E-state index is 0.217. The molecule has 29 heavy (non-hydrogen) atoms. The summed E-state index contributed by atoms with van der Waals surface area (Å²) in [4.78, 5) is 12.4. The summed E-state index contributed by atoms with van der Waals surface area (Å²) in [5.41, 5.74) is 1.14. The molecule has 1 aromatic heterocycles. The number of fused-ring (bicyclic) bond motifs is 1. The highest BCUT2D eigenvalue weighted by Crippen LogP contribution is 2.36. The third-order valence-electron chi connectivity index (χ3n) is 4.13. The number of hydrogen-bond acceptors (Lipinski definition) is 8. The van der Waals surface area contributed by atoms with E-state index in [2.05, 4.69) is 15.5 Å².